The van der Waals surface area contributed by atoms with E-state index in [0.29, 0.717) is 5.92 Å². The van der Waals surface area contributed by atoms with Crippen LogP contribution in [0.4, 0.5) is 0 Å². The normalized spacial score (nSPS) is 17.9. The van der Waals surface area contributed by atoms with E-state index < -0.39 is 0 Å². The van der Waals surface area contributed by atoms with Crippen LogP contribution in [0, 0.1) is 0 Å². The van der Waals surface area contributed by atoms with Gasteiger partial charge in [-0.2, -0.15) is 0 Å². The lowest BCUT2D eigenvalue weighted by Crippen LogP contribution is -2.27. The van der Waals surface area contributed by atoms with Crippen molar-refractivity contribution in [2.24, 2.45) is 0 Å². The van der Waals surface area contributed by atoms with Crippen molar-refractivity contribution in [2.75, 3.05) is 27.8 Å². The summed E-state index contributed by atoms with van der Waals surface area (Å²) in [5, 5.41) is 3.20. The van der Waals surface area contributed by atoms with Crippen LogP contribution in [0.2, 0.25) is 0 Å². The van der Waals surface area contributed by atoms with Crippen LogP contribution in [0.25, 0.3) is 0 Å². The highest BCUT2D eigenvalue weighted by molar-refractivity contribution is 5.53. The van der Waals surface area contributed by atoms with Gasteiger partial charge in [0.05, 0.1) is 14.2 Å². The molecule has 0 heterocycles. The number of rotatable bonds is 4. The molecule has 15 heavy (non-hydrogen) atoms. The zero-order valence-electron chi connectivity index (χ0n) is 9.46. The van der Waals surface area contributed by atoms with Crippen molar-refractivity contribution >= 4 is 0 Å². The highest BCUT2D eigenvalue weighted by Crippen LogP contribution is 2.41. The summed E-state index contributed by atoms with van der Waals surface area (Å²) >= 11 is 0. The van der Waals surface area contributed by atoms with Gasteiger partial charge in [-0.25, -0.2) is 0 Å². The molecule has 1 aliphatic carbocycles. The minimum absolute atomic E-state index is 0.629. The van der Waals surface area contributed by atoms with E-state index in [1.165, 1.54) is 11.1 Å². The minimum Gasteiger partial charge on any atom is -0.493 e. The van der Waals surface area contributed by atoms with Crippen molar-refractivity contribution in [3.63, 3.8) is 0 Å². The molecule has 0 fully saturated rings. The van der Waals surface area contributed by atoms with Gasteiger partial charge in [0.2, 0.25) is 0 Å². The van der Waals surface area contributed by atoms with Crippen LogP contribution in [0.3, 0.4) is 0 Å². The highest BCUT2D eigenvalue weighted by Gasteiger charge is 2.27. The molecule has 0 aliphatic heterocycles. The fraction of sp³-hybridized carbons (Fsp3) is 0.500. The van der Waals surface area contributed by atoms with Gasteiger partial charge in [0.15, 0.2) is 11.5 Å². The first-order chi connectivity index (χ1) is 7.30. The van der Waals surface area contributed by atoms with Crippen molar-refractivity contribution < 1.29 is 9.47 Å². The molecule has 3 heteroatoms. The van der Waals surface area contributed by atoms with Gasteiger partial charge >= 0.3 is 0 Å². The molecular weight excluding hydrogens is 190 g/mol. The van der Waals surface area contributed by atoms with Crippen LogP contribution in [-0.4, -0.2) is 27.8 Å². The molecule has 82 valence electrons. The van der Waals surface area contributed by atoms with Gasteiger partial charge in [-0.05, 0) is 36.7 Å². The van der Waals surface area contributed by atoms with Crippen LogP contribution in [0.1, 0.15) is 17.0 Å². The van der Waals surface area contributed by atoms with Crippen LogP contribution in [-0.2, 0) is 6.42 Å². The molecule has 0 saturated heterocycles. The third-order valence-electron chi connectivity index (χ3n) is 3.00. The first-order valence-corrected chi connectivity index (χ1v) is 5.19. The van der Waals surface area contributed by atoms with Crippen LogP contribution >= 0.6 is 0 Å². The van der Waals surface area contributed by atoms with E-state index in [9.17, 15) is 0 Å². The molecule has 3 nitrogen and oxygen atoms in total. The highest BCUT2D eigenvalue weighted by atomic mass is 16.5. The van der Waals surface area contributed by atoms with Crippen molar-refractivity contribution in [1.82, 2.24) is 5.32 Å². The summed E-state index contributed by atoms with van der Waals surface area (Å²) in [5.74, 6) is 2.29. The largest absolute Gasteiger partial charge is 0.493 e. The number of hydrogen-bond acceptors (Lipinski definition) is 3. The van der Waals surface area contributed by atoms with E-state index in [0.717, 1.165) is 24.5 Å². The first-order valence-electron chi connectivity index (χ1n) is 5.19. The number of ether oxygens (including phenoxy) is 2. The average Bonchev–Trinajstić information content (AvgIpc) is 2.25. The molecule has 1 aromatic rings. The van der Waals surface area contributed by atoms with Crippen molar-refractivity contribution in [1.29, 1.82) is 0 Å². The Morgan fingerprint density at radius 1 is 1.27 bits per heavy atom. The number of hydrogen-bond donors (Lipinski definition) is 1. The predicted molar refractivity (Wildman–Crippen MR) is 59.9 cm³/mol. The second-order valence-corrected chi connectivity index (χ2v) is 3.86. The standard InChI is InChI=1S/C12H17NO2/c1-13-7-9-4-8-5-11(14-2)12(15-3)6-10(8)9/h5-6,9,13H,4,7H2,1-3H3. The minimum atomic E-state index is 0.629. The second kappa shape index (κ2) is 4.11. The van der Waals surface area contributed by atoms with E-state index in [1.54, 1.807) is 14.2 Å². The SMILES string of the molecule is CNCC1Cc2cc(OC)c(OC)cc21. The van der Waals surface area contributed by atoms with E-state index >= 15 is 0 Å². The zero-order valence-corrected chi connectivity index (χ0v) is 9.46. The number of likely N-dealkylation sites (N-methyl/N-ethyl adjacent to an activating group) is 1. The third kappa shape index (κ3) is 1.67. The van der Waals surface area contributed by atoms with Gasteiger partial charge in [-0.1, -0.05) is 0 Å². The van der Waals surface area contributed by atoms with Crippen molar-refractivity contribution in [2.45, 2.75) is 12.3 Å². The number of benzene rings is 1. The lowest BCUT2D eigenvalue weighted by atomic mass is 9.77. The summed E-state index contributed by atoms with van der Waals surface area (Å²) in [4.78, 5) is 0. The Hall–Kier alpha value is -1.22. The quantitative estimate of drug-likeness (QED) is 0.812. The topological polar surface area (TPSA) is 30.5 Å². The molecule has 0 radical (unpaired) electrons. The Labute approximate surface area is 90.4 Å². The summed E-state index contributed by atoms with van der Waals surface area (Å²) in [6.45, 7) is 1.03. The van der Waals surface area contributed by atoms with Gasteiger partial charge in [0.25, 0.3) is 0 Å². The fourth-order valence-electron chi connectivity index (χ4n) is 2.17. The van der Waals surface area contributed by atoms with Crippen LogP contribution in [0.5, 0.6) is 11.5 Å². The summed E-state index contributed by atoms with van der Waals surface area (Å²) in [6.07, 6.45) is 1.14. The molecule has 1 aliphatic rings. The summed E-state index contributed by atoms with van der Waals surface area (Å²) < 4.78 is 10.5. The Bertz CT molecular complexity index is 363. The summed E-state index contributed by atoms with van der Waals surface area (Å²) in [6, 6.07) is 4.18. The van der Waals surface area contributed by atoms with Crippen LogP contribution < -0.4 is 14.8 Å². The molecule has 0 spiro atoms. The van der Waals surface area contributed by atoms with Crippen molar-refractivity contribution in [3.05, 3.63) is 23.3 Å². The second-order valence-electron chi connectivity index (χ2n) is 3.86. The van der Waals surface area contributed by atoms with Gasteiger partial charge in [0, 0.05) is 12.5 Å². The maximum Gasteiger partial charge on any atom is 0.161 e. The van der Waals surface area contributed by atoms with Gasteiger partial charge < -0.3 is 14.8 Å². The third-order valence-corrected chi connectivity index (χ3v) is 3.00. The summed E-state index contributed by atoms with van der Waals surface area (Å²) in [5.41, 5.74) is 2.77. The smallest absolute Gasteiger partial charge is 0.161 e. The average molecular weight is 207 g/mol. The number of fused-ring (bicyclic) bond motifs is 1. The lowest BCUT2D eigenvalue weighted by molar-refractivity contribution is 0.352. The first kappa shape index (κ1) is 10.3. The van der Waals surface area contributed by atoms with E-state index in [4.69, 9.17) is 9.47 Å². The molecule has 1 atom stereocenters. The maximum atomic E-state index is 5.29. The molecule has 0 saturated carbocycles. The lowest BCUT2D eigenvalue weighted by Gasteiger charge is -2.31. The fourth-order valence-corrected chi connectivity index (χ4v) is 2.17. The van der Waals surface area contributed by atoms with Crippen molar-refractivity contribution in [3.8, 4) is 11.5 Å². The maximum absolute atomic E-state index is 5.29. The molecule has 1 N–H and O–H groups in total. The molecule has 0 bridgehead atoms. The monoisotopic (exact) mass is 207 g/mol. The van der Waals surface area contributed by atoms with E-state index in [-0.39, 0.29) is 0 Å². The zero-order chi connectivity index (χ0) is 10.8. The van der Waals surface area contributed by atoms with Gasteiger partial charge in [-0.15, -0.1) is 0 Å². The Kier molecular flexibility index (Phi) is 2.82. The molecule has 0 aromatic heterocycles. The van der Waals surface area contributed by atoms with Gasteiger partial charge in [-0.3, -0.25) is 0 Å². The van der Waals surface area contributed by atoms with E-state index in [1.807, 2.05) is 7.05 Å². The Balaban J connectivity index is 2.28. The number of methoxy groups -OCH3 is 2. The molecule has 1 unspecified atom stereocenters. The van der Waals surface area contributed by atoms with Crippen LogP contribution in [0.15, 0.2) is 12.1 Å². The Morgan fingerprint density at radius 2 is 1.93 bits per heavy atom. The summed E-state index contributed by atoms with van der Waals surface area (Å²) in [7, 11) is 5.34. The molecule has 2 rings (SSSR count). The van der Waals surface area contributed by atoms with Gasteiger partial charge in [0.1, 0.15) is 0 Å². The molecule has 1 aromatic carbocycles. The molecule has 0 amide bonds. The number of nitrogens with one attached hydrogen (secondary N) is 1. The Morgan fingerprint density at radius 3 is 2.53 bits per heavy atom. The predicted octanol–water partition coefficient (Wildman–Crippen LogP) is 1.56. The van der Waals surface area contributed by atoms with E-state index in [2.05, 4.69) is 17.4 Å². The molecular formula is C12H17NO2.